The second kappa shape index (κ2) is 8.47. The molecule has 0 spiro atoms. The van der Waals surface area contributed by atoms with Crippen molar-refractivity contribution in [3.8, 4) is 0 Å². The molecule has 2 heterocycles. The van der Waals surface area contributed by atoms with Gasteiger partial charge in [-0.3, -0.25) is 4.90 Å². The Hall–Kier alpha value is -1.17. The molecule has 0 radical (unpaired) electrons. The summed E-state index contributed by atoms with van der Waals surface area (Å²) in [5.74, 6) is 1.02. The molecule has 0 aromatic carbocycles. The van der Waals surface area contributed by atoms with Gasteiger partial charge in [0.2, 0.25) is 0 Å². The molecule has 0 atom stereocenters. The van der Waals surface area contributed by atoms with E-state index in [1.165, 1.54) is 37.7 Å². The summed E-state index contributed by atoms with van der Waals surface area (Å²) in [6.45, 7) is 6.07. The molecule has 2 aliphatic rings. The molecule has 1 aliphatic heterocycles. The minimum atomic E-state index is 0.341. The van der Waals surface area contributed by atoms with Gasteiger partial charge in [-0.15, -0.1) is 0 Å². The third kappa shape index (κ3) is 4.72. The average molecular weight is 347 g/mol. The van der Waals surface area contributed by atoms with Crippen LogP contribution >= 0.6 is 0 Å². The number of hydrogen-bond donors (Lipinski definition) is 0. The zero-order chi connectivity index (χ0) is 17.7. The van der Waals surface area contributed by atoms with Crippen LogP contribution in [0, 0.1) is 0 Å². The second-order valence-electron chi connectivity index (χ2n) is 7.98. The highest BCUT2D eigenvalue weighted by Gasteiger charge is 2.39. The van der Waals surface area contributed by atoms with Crippen molar-refractivity contribution in [1.82, 2.24) is 14.8 Å². The highest BCUT2D eigenvalue weighted by atomic mass is 16.5. The lowest BCUT2D eigenvalue weighted by atomic mass is 9.79. The maximum atomic E-state index is 5.60. The first-order valence-corrected chi connectivity index (χ1v) is 9.73. The van der Waals surface area contributed by atoms with E-state index in [1.54, 1.807) is 0 Å². The molecule has 5 nitrogen and oxygen atoms in total. The van der Waals surface area contributed by atoms with Gasteiger partial charge in [0, 0.05) is 52.0 Å². The summed E-state index contributed by atoms with van der Waals surface area (Å²) in [5.41, 5.74) is 1.63. The van der Waals surface area contributed by atoms with Crippen molar-refractivity contribution in [3.05, 3.63) is 23.9 Å². The Balaban J connectivity index is 1.64. The standard InChI is InChI=1S/C20H34N4O/c1-22(2)19-8-7-18(15-21-19)16-23(3)17-20(9-5-4-6-10-20)24-11-13-25-14-12-24/h7-8,15H,4-6,9-14,16-17H2,1-3H3. The molecule has 0 amide bonds. The molecule has 1 aliphatic carbocycles. The lowest BCUT2D eigenvalue weighted by molar-refractivity contribution is -0.0491. The van der Waals surface area contributed by atoms with Gasteiger partial charge in [-0.25, -0.2) is 4.98 Å². The zero-order valence-corrected chi connectivity index (χ0v) is 16.2. The summed E-state index contributed by atoms with van der Waals surface area (Å²) >= 11 is 0. The quantitative estimate of drug-likeness (QED) is 0.790. The molecule has 0 bridgehead atoms. The molecule has 1 aromatic heterocycles. The summed E-state index contributed by atoms with van der Waals surface area (Å²) in [6, 6.07) is 4.32. The molecule has 140 valence electrons. The van der Waals surface area contributed by atoms with Crippen LogP contribution < -0.4 is 4.90 Å². The second-order valence-corrected chi connectivity index (χ2v) is 7.98. The Bertz CT molecular complexity index is 519. The lowest BCUT2D eigenvalue weighted by Crippen LogP contribution is -2.59. The van der Waals surface area contributed by atoms with Crippen molar-refractivity contribution in [2.75, 3.05) is 58.9 Å². The molecule has 3 rings (SSSR count). The fourth-order valence-corrected chi connectivity index (χ4v) is 4.47. The van der Waals surface area contributed by atoms with Crippen molar-refractivity contribution in [3.63, 3.8) is 0 Å². The molecular formula is C20H34N4O. The van der Waals surface area contributed by atoms with Gasteiger partial charge in [0.25, 0.3) is 0 Å². The Kier molecular flexibility index (Phi) is 6.31. The third-order valence-electron chi connectivity index (χ3n) is 5.75. The van der Waals surface area contributed by atoms with Crippen LogP contribution in [0.5, 0.6) is 0 Å². The van der Waals surface area contributed by atoms with E-state index in [9.17, 15) is 0 Å². The van der Waals surface area contributed by atoms with Crippen LogP contribution in [0.1, 0.15) is 37.7 Å². The van der Waals surface area contributed by atoms with E-state index in [2.05, 4.69) is 34.0 Å². The first-order valence-electron chi connectivity index (χ1n) is 9.73. The topological polar surface area (TPSA) is 31.8 Å². The van der Waals surface area contributed by atoms with E-state index in [-0.39, 0.29) is 0 Å². The fourth-order valence-electron chi connectivity index (χ4n) is 4.47. The summed E-state index contributed by atoms with van der Waals surface area (Å²) in [6.07, 6.45) is 8.80. The first kappa shape index (κ1) is 18.6. The van der Waals surface area contributed by atoms with Crippen LogP contribution in [0.3, 0.4) is 0 Å². The van der Waals surface area contributed by atoms with Gasteiger partial charge in [0.05, 0.1) is 13.2 Å². The number of hydrogen-bond acceptors (Lipinski definition) is 5. The SMILES string of the molecule is CN(Cc1ccc(N(C)C)nc1)CC1(N2CCOCC2)CCCCC1. The summed E-state index contributed by atoms with van der Waals surface area (Å²) < 4.78 is 5.60. The zero-order valence-electron chi connectivity index (χ0n) is 16.2. The Morgan fingerprint density at radius 2 is 1.80 bits per heavy atom. The molecule has 5 heteroatoms. The number of morpholine rings is 1. The summed E-state index contributed by atoms with van der Waals surface area (Å²) in [7, 11) is 6.32. The van der Waals surface area contributed by atoms with Crippen molar-refractivity contribution in [1.29, 1.82) is 0 Å². The van der Waals surface area contributed by atoms with Gasteiger partial charge in [-0.2, -0.15) is 0 Å². The van der Waals surface area contributed by atoms with Crippen molar-refractivity contribution >= 4 is 5.82 Å². The highest BCUT2D eigenvalue weighted by Crippen LogP contribution is 2.35. The van der Waals surface area contributed by atoms with Gasteiger partial charge >= 0.3 is 0 Å². The number of aromatic nitrogens is 1. The van der Waals surface area contributed by atoms with Gasteiger partial charge in [0.1, 0.15) is 5.82 Å². The third-order valence-corrected chi connectivity index (χ3v) is 5.75. The Morgan fingerprint density at radius 1 is 1.08 bits per heavy atom. The van der Waals surface area contributed by atoms with Crippen LogP contribution in [0.15, 0.2) is 18.3 Å². The highest BCUT2D eigenvalue weighted by molar-refractivity contribution is 5.37. The van der Waals surface area contributed by atoms with Gasteiger partial charge < -0.3 is 14.5 Å². The normalized spacial score (nSPS) is 21.4. The van der Waals surface area contributed by atoms with Gasteiger partial charge in [-0.1, -0.05) is 25.3 Å². The fraction of sp³-hybridized carbons (Fsp3) is 0.750. The summed E-state index contributed by atoms with van der Waals surface area (Å²) in [4.78, 5) is 11.8. The van der Waals surface area contributed by atoms with E-state index in [0.29, 0.717) is 5.54 Å². The number of nitrogens with zero attached hydrogens (tertiary/aromatic N) is 4. The number of anilines is 1. The van der Waals surface area contributed by atoms with E-state index < -0.39 is 0 Å². The van der Waals surface area contributed by atoms with Crippen molar-refractivity contribution < 1.29 is 4.74 Å². The average Bonchev–Trinajstić information content (AvgIpc) is 2.63. The monoisotopic (exact) mass is 346 g/mol. The first-order chi connectivity index (χ1) is 12.1. The molecule has 2 fully saturated rings. The van der Waals surface area contributed by atoms with Crippen LogP contribution in [0.25, 0.3) is 0 Å². The molecular weight excluding hydrogens is 312 g/mol. The molecule has 1 aromatic rings. The summed E-state index contributed by atoms with van der Waals surface area (Å²) in [5, 5.41) is 0. The Morgan fingerprint density at radius 3 is 2.40 bits per heavy atom. The number of pyridine rings is 1. The predicted octanol–water partition coefficient (Wildman–Crippen LogP) is 2.61. The van der Waals surface area contributed by atoms with Crippen molar-refractivity contribution in [2.45, 2.75) is 44.2 Å². The smallest absolute Gasteiger partial charge is 0.127 e. The lowest BCUT2D eigenvalue weighted by Gasteiger charge is -2.49. The van der Waals surface area contributed by atoms with Gasteiger partial charge in [-0.05, 0) is 31.5 Å². The Labute approximate surface area is 153 Å². The van der Waals surface area contributed by atoms with Gasteiger partial charge in [0.15, 0.2) is 0 Å². The number of ether oxygens (including phenoxy) is 1. The van der Waals surface area contributed by atoms with Crippen LogP contribution in [0.2, 0.25) is 0 Å². The molecule has 1 saturated carbocycles. The van der Waals surface area contributed by atoms with E-state index in [0.717, 1.165) is 45.2 Å². The number of rotatable bonds is 6. The predicted molar refractivity (Wildman–Crippen MR) is 103 cm³/mol. The van der Waals surface area contributed by atoms with E-state index in [1.807, 2.05) is 25.2 Å². The maximum Gasteiger partial charge on any atom is 0.127 e. The largest absolute Gasteiger partial charge is 0.379 e. The van der Waals surface area contributed by atoms with E-state index in [4.69, 9.17) is 4.74 Å². The van der Waals surface area contributed by atoms with E-state index >= 15 is 0 Å². The number of likely N-dealkylation sites (N-methyl/N-ethyl adjacent to an activating group) is 1. The molecule has 1 saturated heterocycles. The minimum Gasteiger partial charge on any atom is -0.379 e. The van der Waals surface area contributed by atoms with Crippen molar-refractivity contribution in [2.24, 2.45) is 0 Å². The maximum absolute atomic E-state index is 5.60. The molecule has 25 heavy (non-hydrogen) atoms. The van der Waals surface area contributed by atoms with Crippen LogP contribution in [-0.2, 0) is 11.3 Å². The molecule has 0 N–H and O–H groups in total. The van der Waals surface area contributed by atoms with Crippen LogP contribution in [0.4, 0.5) is 5.82 Å². The minimum absolute atomic E-state index is 0.341. The van der Waals surface area contributed by atoms with Crippen LogP contribution in [-0.4, -0.2) is 74.3 Å². The molecule has 0 unspecified atom stereocenters.